The van der Waals surface area contributed by atoms with Crippen molar-refractivity contribution >= 4 is 27.5 Å². The van der Waals surface area contributed by atoms with Gasteiger partial charge in [-0.05, 0) is 52.5 Å². The summed E-state index contributed by atoms with van der Waals surface area (Å²) in [7, 11) is 0. The molecule has 0 saturated carbocycles. The van der Waals surface area contributed by atoms with Crippen molar-refractivity contribution in [1.29, 1.82) is 0 Å². The fourth-order valence-corrected chi connectivity index (χ4v) is 2.86. The Bertz CT molecular complexity index is 598. The largest absolute Gasteiger partial charge is 0.321 e. The van der Waals surface area contributed by atoms with E-state index in [0.717, 1.165) is 11.1 Å². The molecule has 19 heavy (non-hydrogen) atoms. The molecule has 0 fully saturated rings. The highest BCUT2D eigenvalue weighted by atomic mass is 79.9. The number of nitrogens with two attached hydrogens (primary N) is 1. The number of benzene rings is 2. The monoisotopic (exact) mass is 341 g/mol. The summed E-state index contributed by atoms with van der Waals surface area (Å²) in [5, 5.41) is 0.625. The number of hydrogen-bond acceptors (Lipinski definition) is 1. The highest BCUT2D eigenvalue weighted by Gasteiger charge is 2.25. The van der Waals surface area contributed by atoms with E-state index in [2.05, 4.69) is 15.9 Å². The molecule has 2 N–H and O–H groups in total. The molecule has 0 spiro atoms. The molecule has 0 aliphatic heterocycles. The Labute approximate surface area is 125 Å². The van der Waals surface area contributed by atoms with Gasteiger partial charge in [0, 0.05) is 10.6 Å². The van der Waals surface area contributed by atoms with Crippen molar-refractivity contribution in [2.45, 2.75) is 18.9 Å². The average Bonchev–Trinajstić information content (AvgIpc) is 2.35. The minimum atomic E-state index is -0.658. The molecule has 1 unspecified atom stereocenters. The van der Waals surface area contributed by atoms with Crippen LogP contribution in [0.25, 0.3) is 0 Å². The molecule has 0 bridgehead atoms. The summed E-state index contributed by atoms with van der Waals surface area (Å²) >= 11 is 9.44. The lowest BCUT2D eigenvalue weighted by atomic mass is 9.86. The molecule has 0 saturated heterocycles. The summed E-state index contributed by atoms with van der Waals surface area (Å²) in [5.41, 5.74) is 7.38. The zero-order valence-electron chi connectivity index (χ0n) is 10.5. The molecule has 4 heteroatoms. The van der Waals surface area contributed by atoms with Crippen molar-refractivity contribution < 1.29 is 4.39 Å². The van der Waals surface area contributed by atoms with Crippen molar-refractivity contribution in [2.24, 2.45) is 5.73 Å². The summed E-state index contributed by atoms with van der Waals surface area (Å²) in [6.07, 6.45) is 0.495. The number of halogens is 3. The second-order valence-electron chi connectivity index (χ2n) is 4.79. The van der Waals surface area contributed by atoms with E-state index in [4.69, 9.17) is 17.3 Å². The fraction of sp³-hybridized carbons (Fsp3) is 0.200. The van der Waals surface area contributed by atoms with Crippen molar-refractivity contribution in [3.05, 3.63) is 68.9 Å². The van der Waals surface area contributed by atoms with Crippen LogP contribution >= 0.6 is 27.5 Å². The van der Waals surface area contributed by atoms with E-state index in [1.165, 1.54) is 6.07 Å². The maximum Gasteiger partial charge on any atom is 0.137 e. The summed E-state index contributed by atoms with van der Waals surface area (Å²) in [6.45, 7) is 1.89. The molecule has 2 aromatic carbocycles. The van der Waals surface area contributed by atoms with Gasteiger partial charge in [0.2, 0.25) is 0 Å². The van der Waals surface area contributed by atoms with Crippen LogP contribution in [-0.2, 0) is 12.0 Å². The van der Waals surface area contributed by atoms with E-state index in [1.54, 1.807) is 6.07 Å². The maximum absolute atomic E-state index is 13.5. The Balaban J connectivity index is 2.36. The Morgan fingerprint density at radius 1 is 1.21 bits per heavy atom. The standard InChI is InChI=1S/C15H14BrClFN/c1-15(19,11-6-2-3-7-12(11)17)9-10-5-4-8-13(18)14(10)16/h2-8H,9,19H2,1H3. The van der Waals surface area contributed by atoms with Gasteiger partial charge in [-0.2, -0.15) is 0 Å². The molecule has 0 aromatic heterocycles. The van der Waals surface area contributed by atoms with E-state index in [9.17, 15) is 4.39 Å². The molecule has 0 aliphatic rings. The molecule has 0 aliphatic carbocycles. The van der Waals surface area contributed by atoms with Crippen LogP contribution in [0.4, 0.5) is 4.39 Å². The first kappa shape index (κ1) is 14.5. The second-order valence-corrected chi connectivity index (χ2v) is 5.99. The minimum absolute atomic E-state index is 0.285. The molecule has 2 aromatic rings. The highest BCUT2D eigenvalue weighted by molar-refractivity contribution is 9.10. The van der Waals surface area contributed by atoms with Gasteiger partial charge in [-0.3, -0.25) is 0 Å². The Morgan fingerprint density at radius 3 is 2.58 bits per heavy atom. The Hall–Kier alpha value is -0.900. The topological polar surface area (TPSA) is 26.0 Å². The van der Waals surface area contributed by atoms with Crippen molar-refractivity contribution in [3.8, 4) is 0 Å². The minimum Gasteiger partial charge on any atom is -0.321 e. The van der Waals surface area contributed by atoms with E-state index in [1.807, 2.05) is 37.3 Å². The predicted octanol–water partition coefficient (Wildman–Crippen LogP) is 4.66. The van der Waals surface area contributed by atoms with Gasteiger partial charge in [0.25, 0.3) is 0 Å². The molecule has 1 atom stereocenters. The van der Waals surface area contributed by atoms with Crippen LogP contribution in [0.5, 0.6) is 0 Å². The zero-order valence-corrected chi connectivity index (χ0v) is 12.8. The number of rotatable bonds is 3. The number of hydrogen-bond donors (Lipinski definition) is 1. The lowest BCUT2D eigenvalue weighted by molar-refractivity contribution is 0.488. The average molecular weight is 343 g/mol. The first-order valence-corrected chi connectivity index (χ1v) is 7.06. The van der Waals surface area contributed by atoms with Crippen LogP contribution in [0.2, 0.25) is 5.02 Å². The van der Waals surface area contributed by atoms with Crippen LogP contribution in [0.1, 0.15) is 18.1 Å². The van der Waals surface area contributed by atoms with Crippen molar-refractivity contribution in [1.82, 2.24) is 0 Å². The third-order valence-corrected chi connectivity index (χ3v) is 4.30. The smallest absolute Gasteiger partial charge is 0.137 e. The first-order valence-electron chi connectivity index (χ1n) is 5.88. The molecule has 0 radical (unpaired) electrons. The van der Waals surface area contributed by atoms with Crippen LogP contribution < -0.4 is 5.73 Å². The van der Waals surface area contributed by atoms with E-state index >= 15 is 0 Å². The zero-order chi connectivity index (χ0) is 14.0. The third-order valence-electron chi connectivity index (χ3n) is 3.08. The normalized spacial score (nSPS) is 14.2. The van der Waals surface area contributed by atoms with Gasteiger partial charge in [-0.1, -0.05) is 41.9 Å². The van der Waals surface area contributed by atoms with Gasteiger partial charge < -0.3 is 5.73 Å². The van der Waals surface area contributed by atoms with Gasteiger partial charge in [0.05, 0.1) is 4.47 Å². The molecule has 0 amide bonds. The quantitative estimate of drug-likeness (QED) is 0.862. The third kappa shape index (κ3) is 3.16. The van der Waals surface area contributed by atoms with Gasteiger partial charge in [0.1, 0.15) is 5.82 Å². The fourth-order valence-electron chi connectivity index (χ4n) is 2.10. The van der Waals surface area contributed by atoms with E-state index in [-0.39, 0.29) is 5.82 Å². The predicted molar refractivity (Wildman–Crippen MR) is 80.8 cm³/mol. The summed E-state index contributed by atoms with van der Waals surface area (Å²) in [5.74, 6) is -0.285. The Kier molecular flexibility index (Phi) is 4.29. The molecular weight excluding hydrogens is 329 g/mol. The van der Waals surface area contributed by atoms with Crippen LogP contribution in [0.3, 0.4) is 0 Å². The molecule has 0 heterocycles. The lowest BCUT2D eigenvalue weighted by Crippen LogP contribution is -2.36. The summed E-state index contributed by atoms with van der Waals surface area (Å²) < 4.78 is 14.0. The van der Waals surface area contributed by atoms with E-state index in [0.29, 0.717) is 15.9 Å². The van der Waals surface area contributed by atoms with Gasteiger partial charge in [0.15, 0.2) is 0 Å². The van der Waals surface area contributed by atoms with Gasteiger partial charge in [-0.25, -0.2) is 4.39 Å². The summed E-state index contributed by atoms with van der Waals surface area (Å²) in [4.78, 5) is 0. The van der Waals surface area contributed by atoms with Gasteiger partial charge >= 0.3 is 0 Å². The Morgan fingerprint density at radius 2 is 1.89 bits per heavy atom. The molecule has 1 nitrogen and oxygen atoms in total. The van der Waals surface area contributed by atoms with Crippen LogP contribution in [0.15, 0.2) is 46.9 Å². The highest BCUT2D eigenvalue weighted by Crippen LogP contribution is 2.31. The van der Waals surface area contributed by atoms with Crippen LogP contribution in [-0.4, -0.2) is 0 Å². The molecule has 100 valence electrons. The first-order chi connectivity index (χ1) is 8.92. The van der Waals surface area contributed by atoms with Crippen molar-refractivity contribution in [2.75, 3.05) is 0 Å². The van der Waals surface area contributed by atoms with E-state index < -0.39 is 5.54 Å². The maximum atomic E-state index is 13.5. The van der Waals surface area contributed by atoms with Crippen LogP contribution in [0, 0.1) is 5.82 Å². The molecule has 2 rings (SSSR count). The van der Waals surface area contributed by atoms with Crippen molar-refractivity contribution in [3.63, 3.8) is 0 Å². The summed E-state index contributed by atoms with van der Waals surface area (Å²) in [6, 6.07) is 12.4. The SMILES string of the molecule is CC(N)(Cc1cccc(F)c1Br)c1ccccc1Cl. The van der Waals surface area contributed by atoms with Gasteiger partial charge in [-0.15, -0.1) is 0 Å². The second kappa shape index (κ2) is 5.61. The lowest BCUT2D eigenvalue weighted by Gasteiger charge is -2.27. The molecular formula is C15H14BrClFN.